The van der Waals surface area contributed by atoms with Crippen molar-refractivity contribution in [2.24, 2.45) is 0 Å². The first kappa shape index (κ1) is 17.2. The van der Waals surface area contributed by atoms with Gasteiger partial charge in [0.2, 0.25) is 0 Å². The summed E-state index contributed by atoms with van der Waals surface area (Å²) in [7, 11) is 1.59. The molecule has 0 unspecified atom stereocenters. The van der Waals surface area contributed by atoms with Crippen molar-refractivity contribution >= 4 is 22.6 Å². The zero-order valence-corrected chi connectivity index (χ0v) is 14.6. The summed E-state index contributed by atoms with van der Waals surface area (Å²) in [6, 6.07) is 10.6. The first-order valence-electron chi connectivity index (χ1n) is 7.93. The highest BCUT2D eigenvalue weighted by Crippen LogP contribution is 2.12. The fourth-order valence-electron chi connectivity index (χ4n) is 2.72. The van der Waals surface area contributed by atoms with Crippen molar-refractivity contribution in [3.8, 4) is 5.75 Å². The normalized spacial score (nSPS) is 11.0. The molecule has 130 valence electrons. The van der Waals surface area contributed by atoms with Gasteiger partial charge in [-0.1, -0.05) is 12.1 Å². The molecule has 0 aliphatic carbocycles. The van der Waals surface area contributed by atoms with Crippen molar-refractivity contribution < 1.29 is 4.74 Å². The van der Waals surface area contributed by atoms with E-state index >= 15 is 0 Å². The number of ether oxygens (including phenoxy) is 1. The Morgan fingerprint density at radius 1 is 1.12 bits per heavy atom. The van der Waals surface area contributed by atoms with E-state index in [9.17, 15) is 9.59 Å². The Balaban J connectivity index is 2.13. The number of alkyl halides is 1. The molecule has 0 radical (unpaired) electrons. The van der Waals surface area contributed by atoms with Crippen LogP contribution in [0.1, 0.15) is 12.0 Å². The van der Waals surface area contributed by atoms with Gasteiger partial charge in [0.25, 0.3) is 5.56 Å². The number of fused-ring (bicyclic) bond motifs is 1. The van der Waals surface area contributed by atoms with Gasteiger partial charge in [0.15, 0.2) is 0 Å². The largest absolute Gasteiger partial charge is 0.497 e. The molecule has 3 rings (SSSR count). The van der Waals surface area contributed by atoms with Crippen LogP contribution in [0.3, 0.4) is 0 Å². The Labute approximate surface area is 149 Å². The number of rotatable bonds is 6. The van der Waals surface area contributed by atoms with E-state index in [1.54, 1.807) is 37.6 Å². The number of benzene rings is 1. The molecule has 1 aromatic carbocycles. The Morgan fingerprint density at radius 3 is 2.56 bits per heavy atom. The van der Waals surface area contributed by atoms with Crippen LogP contribution >= 0.6 is 11.6 Å². The zero-order chi connectivity index (χ0) is 17.8. The summed E-state index contributed by atoms with van der Waals surface area (Å²) in [4.78, 5) is 29.8. The topological polar surface area (TPSA) is 66.1 Å². The van der Waals surface area contributed by atoms with E-state index < -0.39 is 0 Å². The third-order valence-corrected chi connectivity index (χ3v) is 4.26. The highest BCUT2D eigenvalue weighted by Gasteiger charge is 2.14. The number of pyridine rings is 1. The molecule has 25 heavy (non-hydrogen) atoms. The van der Waals surface area contributed by atoms with Crippen LogP contribution in [0.15, 0.2) is 52.2 Å². The van der Waals surface area contributed by atoms with E-state index in [4.69, 9.17) is 16.3 Å². The van der Waals surface area contributed by atoms with Crippen LogP contribution in [0.5, 0.6) is 5.75 Å². The van der Waals surface area contributed by atoms with E-state index in [1.165, 1.54) is 9.13 Å². The minimum Gasteiger partial charge on any atom is -0.497 e. The van der Waals surface area contributed by atoms with Crippen LogP contribution in [-0.2, 0) is 13.1 Å². The molecule has 0 bridgehead atoms. The predicted octanol–water partition coefficient (Wildman–Crippen LogP) is 2.24. The van der Waals surface area contributed by atoms with Crippen LogP contribution in [-0.4, -0.2) is 27.1 Å². The third kappa shape index (κ3) is 3.44. The maximum atomic E-state index is 12.9. The molecule has 0 N–H and O–H groups in total. The monoisotopic (exact) mass is 359 g/mol. The molecule has 0 amide bonds. The van der Waals surface area contributed by atoms with Crippen LogP contribution in [0.4, 0.5) is 0 Å². The quantitative estimate of drug-likeness (QED) is 0.633. The lowest BCUT2D eigenvalue weighted by atomic mass is 10.2. The van der Waals surface area contributed by atoms with Gasteiger partial charge in [-0.2, -0.15) is 0 Å². The molecule has 6 nitrogen and oxygen atoms in total. The standard InChI is InChI=1S/C18H18ClN3O3/c1-25-14-7-5-13(6-8-14)12-22-17(23)15-4-2-10-20-16(15)21(18(22)24)11-3-9-19/h2,4-8,10H,3,9,11-12H2,1H3. The number of aromatic nitrogens is 3. The molecule has 0 fully saturated rings. The highest BCUT2D eigenvalue weighted by atomic mass is 35.5. The summed E-state index contributed by atoms with van der Waals surface area (Å²) in [6.07, 6.45) is 2.19. The van der Waals surface area contributed by atoms with Crippen molar-refractivity contribution in [2.45, 2.75) is 19.5 Å². The maximum absolute atomic E-state index is 12.9. The highest BCUT2D eigenvalue weighted by molar-refractivity contribution is 6.17. The molecular formula is C18H18ClN3O3. The van der Waals surface area contributed by atoms with Crippen molar-refractivity contribution in [2.75, 3.05) is 13.0 Å². The Kier molecular flexibility index (Phi) is 5.19. The first-order chi connectivity index (χ1) is 12.2. The van der Waals surface area contributed by atoms with Crippen molar-refractivity contribution in [1.29, 1.82) is 0 Å². The zero-order valence-electron chi connectivity index (χ0n) is 13.8. The lowest BCUT2D eigenvalue weighted by Crippen LogP contribution is -2.40. The number of hydrogen-bond acceptors (Lipinski definition) is 4. The summed E-state index contributed by atoms with van der Waals surface area (Å²) in [5.74, 6) is 1.15. The van der Waals surface area contributed by atoms with Gasteiger partial charge < -0.3 is 4.74 Å². The van der Waals surface area contributed by atoms with Gasteiger partial charge in [0.05, 0.1) is 19.0 Å². The van der Waals surface area contributed by atoms with Gasteiger partial charge in [0, 0.05) is 18.6 Å². The maximum Gasteiger partial charge on any atom is 0.332 e. The van der Waals surface area contributed by atoms with E-state index in [0.29, 0.717) is 29.9 Å². The van der Waals surface area contributed by atoms with Gasteiger partial charge in [-0.25, -0.2) is 9.78 Å². The molecule has 0 saturated carbocycles. The second kappa shape index (κ2) is 7.53. The average Bonchev–Trinajstić information content (AvgIpc) is 2.65. The third-order valence-electron chi connectivity index (χ3n) is 3.99. The van der Waals surface area contributed by atoms with Crippen molar-refractivity contribution in [1.82, 2.24) is 14.1 Å². The SMILES string of the molecule is COc1ccc(Cn2c(=O)c3cccnc3n(CCCCl)c2=O)cc1. The summed E-state index contributed by atoms with van der Waals surface area (Å²) in [5.41, 5.74) is 0.518. The molecule has 7 heteroatoms. The Hall–Kier alpha value is -2.60. The van der Waals surface area contributed by atoms with Gasteiger partial charge in [0.1, 0.15) is 11.4 Å². The molecule has 0 aliphatic rings. The molecule has 2 aromatic heterocycles. The Bertz CT molecular complexity index is 993. The van der Waals surface area contributed by atoms with Gasteiger partial charge in [-0.15, -0.1) is 11.6 Å². The van der Waals surface area contributed by atoms with Crippen LogP contribution in [0.25, 0.3) is 11.0 Å². The summed E-state index contributed by atoms with van der Waals surface area (Å²) in [5, 5.41) is 0.421. The number of hydrogen-bond donors (Lipinski definition) is 0. The predicted molar refractivity (Wildman–Crippen MR) is 97.7 cm³/mol. The lowest BCUT2D eigenvalue weighted by Gasteiger charge is -2.13. The molecule has 0 spiro atoms. The van der Waals surface area contributed by atoms with E-state index in [-0.39, 0.29) is 17.8 Å². The van der Waals surface area contributed by atoms with Crippen molar-refractivity contribution in [3.63, 3.8) is 0 Å². The molecule has 0 atom stereocenters. The number of aryl methyl sites for hydroxylation is 1. The number of methoxy groups -OCH3 is 1. The van der Waals surface area contributed by atoms with Crippen LogP contribution in [0.2, 0.25) is 0 Å². The van der Waals surface area contributed by atoms with E-state index in [1.807, 2.05) is 12.1 Å². The second-order valence-corrected chi connectivity index (χ2v) is 5.97. The molecule has 0 aliphatic heterocycles. The van der Waals surface area contributed by atoms with Gasteiger partial charge in [-0.3, -0.25) is 13.9 Å². The van der Waals surface area contributed by atoms with Gasteiger partial charge >= 0.3 is 5.69 Å². The molecule has 3 aromatic rings. The minimum atomic E-state index is -0.378. The number of nitrogens with zero attached hydrogens (tertiary/aromatic N) is 3. The smallest absolute Gasteiger partial charge is 0.332 e. The first-order valence-corrected chi connectivity index (χ1v) is 8.46. The van der Waals surface area contributed by atoms with Crippen LogP contribution in [0, 0.1) is 0 Å². The van der Waals surface area contributed by atoms with Gasteiger partial charge in [-0.05, 0) is 36.2 Å². The van der Waals surface area contributed by atoms with E-state index in [2.05, 4.69) is 4.98 Å². The lowest BCUT2D eigenvalue weighted by molar-refractivity contribution is 0.414. The molecule has 0 saturated heterocycles. The Morgan fingerprint density at radius 2 is 1.88 bits per heavy atom. The second-order valence-electron chi connectivity index (χ2n) is 5.59. The summed E-state index contributed by atoms with van der Waals surface area (Å²) < 4.78 is 7.89. The fourth-order valence-corrected chi connectivity index (χ4v) is 2.84. The van der Waals surface area contributed by atoms with Crippen LogP contribution < -0.4 is 16.0 Å². The molecule has 2 heterocycles. The number of halogens is 1. The minimum absolute atomic E-state index is 0.188. The molecular weight excluding hydrogens is 342 g/mol. The van der Waals surface area contributed by atoms with E-state index in [0.717, 1.165) is 11.3 Å². The summed E-state index contributed by atoms with van der Waals surface area (Å²) in [6.45, 7) is 0.603. The average molecular weight is 360 g/mol. The fraction of sp³-hybridized carbons (Fsp3) is 0.278. The summed E-state index contributed by atoms with van der Waals surface area (Å²) >= 11 is 5.77. The van der Waals surface area contributed by atoms with Crippen molar-refractivity contribution in [3.05, 3.63) is 69.0 Å².